The highest BCUT2D eigenvalue weighted by Crippen LogP contribution is 2.42. The van der Waals surface area contributed by atoms with Crippen LogP contribution in [0.25, 0.3) is 44.2 Å². The SMILES string of the molecule is Cc1ccc2c(n1)oc1c(-c3cc(CC(C)(C)C(F)(F)F)c4ccccc4n3)cccc12. The van der Waals surface area contributed by atoms with Gasteiger partial charge in [0.05, 0.1) is 16.6 Å². The molecular weight excluding hydrogens is 413 g/mol. The van der Waals surface area contributed by atoms with Gasteiger partial charge in [-0.1, -0.05) is 44.2 Å². The van der Waals surface area contributed by atoms with Crippen LogP contribution in [0.1, 0.15) is 25.1 Å². The molecule has 0 N–H and O–H groups in total. The Bertz CT molecular complexity index is 1480. The quantitative estimate of drug-likeness (QED) is 0.293. The van der Waals surface area contributed by atoms with Gasteiger partial charge in [0, 0.05) is 27.4 Å². The van der Waals surface area contributed by atoms with E-state index in [1.807, 2.05) is 61.5 Å². The van der Waals surface area contributed by atoms with Crippen molar-refractivity contribution in [1.82, 2.24) is 9.97 Å². The second-order valence-corrected chi connectivity index (χ2v) is 8.83. The minimum absolute atomic E-state index is 0.149. The zero-order valence-corrected chi connectivity index (χ0v) is 17.9. The number of hydrogen-bond donors (Lipinski definition) is 0. The molecule has 2 aromatic carbocycles. The molecule has 5 aromatic rings. The molecular formula is C26H21F3N2O. The predicted octanol–water partition coefficient (Wildman–Crippen LogP) is 7.64. The van der Waals surface area contributed by atoms with Crippen molar-refractivity contribution in [2.75, 3.05) is 0 Å². The molecule has 0 aliphatic rings. The molecule has 0 amide bonds. The number of benzene rings is 2. The van der Waals surface area contributed by atoms with Gasteiger partial charge < -0.3 is 4.42 Å². The van der Waals surface area contributed by atoms with E-state index in [1.165, 1.54) is 13.8 Å². The number of para-hydroxylation sites is 2. The fourth-order valence-corrected chi connectivity index (χ4v) is 4.08. The Morgan fingerprint density at radius 3 is 2.38 bits per heavy atom. The van der Waals surface area contributed by atoms with E-state index in [2.05, 4.69) is 4.98 Å². The fraction of sp³-hybridized carbons (Fsp3) is 0.231. The van der Waals surface area contributed by atoms with Gasteiger partial charge in [-0.25, -0.2) is 9.97 Å². The van der Waals surface area contributed by atoms with Crippen LogP contribution in [-0.4, -0.2) is 16.1 Å². The number of fused-ring (bicyclic) bond motifs is 4. The molecule has 162 valence electrons. The lowest BCUT2D eigenvalue weighted by Crippen LogP contribution is -2.34. The van der Waals surface area contributed by atoms with E-state index in [0.717, 1.165) is 27.4 Å². The van der Waals surface area contributed by atoms with Crippen LogP contribution in [-0.2, 0) is 6.42 Å². The molecule has 3 heterocycles. The second-order valence-electron chi connectivity index (χ2n) is 8.83. The molecule has 0 radical (unpaired) electrons. The van der Waals surface area contributed by atoms with Crippen molar-refractivity contribution in [2.45, 2.75) is 33.4 Å². The first-order valence-corrected chi connectivity index (χ1v) is 10.4. The second kappa shape index (κ2) is 7.05. The van der Waals surface area contributed by atoms with E-state index in [9.17, 15) is 13.2 Å². The van der Waals surface area contributed by atoms with E-state index >= 15 is 0 Å². The van der Waals surface area contributed by atoms with Crippen LogP contribution in [0, 0.1) is 12.3 Å². The van der Waals surface area contributed by atoms with Crippen molar-refractivity contribution in [1.29, 1.82) is 0 Å². The first kappa shape index (κ1) is 20.5. The van der Waals surface area contributed by atoms with E-state index in [4.69, 9.17) is 9.40 Å². The highest BCUT2D eigenvalue weighted by molar-refractivity contribution is 6.08. The van der Waals surface area contributed by atoms with Crippen LogP contribution >= 0.6 is 0 Å². The molecule has 3 nitrogen and oxygen atoms in total. The summed E-state index contributed by atoms with van der Waals surface area (Å²) in [6.07, 6.45) is -4.47. The normalized spacial score (nSPS) is 12.8. The smallest absolute Gasteiger partial charge is 0.394 e. The summed E-state index contributed by atoms with van der Waals surface area (Å²) >= 11 is 0. The van der Waals surface area contributed by atoms with E-state index in [-0.39, 0.29) is 6.42 Å². The van der Waals surface area contributed by atoms with Gasteiger partial charge in [0.25, 0.3) is 0 Å². The van der Waals surface area contributed by atoms with Crippen LogP contribution in [0.5, 0.6) is 0 Å². The molecule has 6 heteroatoms. The Labute approximate surface area is 182 Å². The summed E-state index contributed by atoms with van der Waals surface area (Å²) in [4.78, 5) is 9.25. The molecule has 0 fully saturated rings. The lowest BCUT2D eigenvalue weighted by Gasteiger charge is -2.28. The van der Waals surface area contributed by atoms with E-state index in [1.54, 1.807) is 6.07 Å². The lowest BCUT2D eigenvalue weighted by atomic mass is 9.83. The van der Waals surface area contributed by atoms with Crippen LogP contribution in [0.15, 0.2) is 65.1 Å². The average molecular weight is 434 g/mol. The lowest BCUT2D eigenvalue weighted by molar-refractivity contribution is -0.210. The maximum absolute atomic E-state index is 13.7. The minimum atomic E-state index is -4.32. The minimum Gasteiger partial charge on any atom is -0.437 e. The maximum Gasteiger partial charge on any atom is 0.394 e. The molecule has 0 saturated heterocycles. The molecule has 0 aliphatic carbocycles. The fourth-order valence-electron chi connectivity index (χ4n) is 4.08. The number of pyridine rings is 2. The van der Waals surface area contributed by atoms with Crippen molar-refractivity contribution < 1.29 is 17.6 Å². The molecule has 0 atom stereocenters. The zero-order valence-electron chi connectivity index (χ0n) is 17.9. The summed E-state index contributed by atoms with van der Waals surface area (Å²) in [7, 11) is 0. The van der Waals surface area contributed by atoms with Crippen molar-refractivity contribution >= 4 is 33.0 Å². The van der Waals surface area contributed by atoms with Gasteiger partial charge in [-0.2, -0.15) is 13.2 Å². The number of hydrogen-bond acceptors (Lipinski definition) is 3. The molecule has 0 bridgehead atoms. The summed E-state index contributed by atoms with van der Waals surface area (Å²) < 4.78 is 47.1. The Morgan fingerprint density at radius 2 is 1.59 bits per heavy atom. The molecule has 0 spiro atoms. The highest BCUT2D eigenvalue weighted by Gasteiger charge is 2.47. The van der Waals surface area contributed by atoms with Crippen LogP contribution < -0.4 is 0 Å². The van der Waals surface area contributed by atoms with Gasteiger partial charge >= 0.3 is 6.18 Å². The van der Waals surface area contributed by atoms with Gasteiger partial charge in [-0.05, 0) is 49.2 Å². The molecule has 32 heavy (non-hydrogen) atoms. The predicted molar refractivity (Wildman–Crippen MR) is 121 cm³/mol. The number of alkyl halides is 3. The van der Waals surface area contributed by atoms with E-state index < -0.39 is 11.6 Å². The largest absolute Gasteiger partial charge is 0.437 e. The molecule has 0 saturated carbocycles. The third-order valence-electron chi connectivity index (χ3n) is 5.98. The molecule has 0 unspecified atom stereocenters. The summed E-state index contributed by atoms with van der Waals surface area (Å²) in [5, 5.41) is 2.52. The van der Waals surface area contributed by atoms with Crippen molar-refractivity contribution in [3.05, 3.63) is 71.9 Å². The standard InChI is InChI=1S/C26H21F3N2O/c1-15-11-12-19-18-8-6-9-20(23(18)32-24(19)30-15)22-13-16(14-25(2,3)26(27,28)29)17-7-4-5-10-21(17)31-22/h4-13H,14H2,1-3H3. The number of aryl methyl sites for hydroxylation is 1. The molecule has 5 rings (SSSR count). The Hall–Kier alpha value is -3.41. The topological polar surface area (TPSA) is 38.9 Å². The van der Waals surface area contributed by atoms with Gasteiger partial charge in [0.2, 0.25) is 5.71 Å². The molecule has 3 aromatic heterocycles. The number of halogens is 3. The maximum atomic E-state index is 13.7. The van der Waals surface area contributed by atoms with Gasteiger partial charge in [0.1, 0.15) is 5.58 Å². The highest BCUT2D eigenvalue weighted by atomic mass is 19.4. The third-order valence-corrected chi connectivity index (χ3v) is 5.98. The summed E-state index contributed by atoms with van der Waals surface area (Å²) in [5.41, 5.74) is 2.71. The number of rotatable bonds is 3. The first-order chi connectivity index (χ1) is 15.1. The van der Waals surface area contributed by atoms with Crippen LogP contribution in [0.4, 0.5) is 13.2 Å². The van der Waals surface area contributed by atoms with Crippen molar-refractivity contribution in [2.24, 2.45) is 5.41 Å². The van der Waals surface area contributed by atoms with Crippen LogP contribution in [0.3, 0.4) is 0 Å². The zero-order chi connectivity index (χ0) is 22.7. The van der Waals surface area contributed by atoms with Gasteiger partial charge in [-0.15, -0.1) is 0 Å². The van der Waals surface area contributed by atoms with Crippen molar-refractivity contribution in [3.63, 3.8) is 0 Å². The average Bonchev–Trinajstić information content (AvgIpc) is 3.10. The summed E-state index contributed by atoms with van der Waals surface area (Å²) in [6.45, 7) is 4.36. The van der Waals surface area contributed by atoms with Gasteiger partial charge in [0.15, 0.2) is 0 Å². The third kappa shape index (κ3) is 3.30. The Balaban J connectivity index is 1.75. The monoisotopic (exact) mass is 434 g/mol. The van der Waals surface area contributed by atoms with Crippen LogP contribution in [0.2, 0.25) is 0 Å². The van der Waals surface area contributed by atoms with Crippen molar-refractivity contribution in [3.8, 4) is 11.3 Å². The summed E-state index contributed by atoms with van der Waals surface area (Å²) in [5.74, 6) is 0. The van der Waals surface area contributed by atoms with Gasteiger partial charge in [-0.3, -0.25) is 0 Å². The number of aromatic nitrogens is 2. The van der Waals surface area contributed by atoms with E-state index in [0.29, 0.717) is 28.1 Å². The number of nitrogens with zero attached hydrogens (tertiary/aromatic N) is 2. The first-order valence-electron chi connectivity index (χ1n) is 10.4. The molecule has 0 aliphatic heterocycles. The Kier molecular flexibility index (Phi) is 4.52. The Morgan fingerprint density at radius 1 is 0.844 bits per heavy atom. The number of furan rings is 1. The summed E-state index contributed by atoms with van der Waals surface area (Å²) in [6, 6.07) is 18.7.